The topological polar surface area (TPSA) is 49.4 Å². The normalized spacial score (nSPS) is 17.3. The Morgan fingerprint density at radius 2 is 1.83 bits per heavy atom. The van der Waals surface area contributed by atoms with Gasteiger partial charge in [-0.05, 0) is 31.0 Å². The largest absolute Gasteiger partial charge is 0.344 e. The van der Waals surface area contributed by atoms with Crippen LogP contribution in [0, 0.1) is 6.92 Å². The quantitative estimate of drug-likeness (QED) is 0.943. The molecule has 0 radical (unpaired) electrons. The zero-order chi connectivity index (χ0) is 16.2. The van der Waals surface area contributed by atoms with E-state index in [1.165, 1.54) is 5.56 Å². The highest BCUT2D eigenvalue weighted by Crippen LogP contribution is 2.21. The Hall–Kier alpha value is -2.62. The van der Waals surface area contributed by atoms with Gasteiger partial charge in [0.15, 0.2) is 0 Å². The van der Waals surface area contributed by atoms with Gasteiger partial charge in [0.2, 0.25) is 11.8 Å². The molecular weight excluding hydrogens is 288 g/mol. The van der Waals surface area contributed by atoms with Crippen molar-refractivity contribution in [2.75, 3.05) is 11.4 Å². The minimum absolute atomic E-state index is 0.0338. The van der Waals surface area contributed by atoms with Gasteiger partial charge in [-0.3, -0.25) is 9.59 Å². The number of anilines is 1. The molecule has 0 aliphatic carbocycles. The molecule has 4 heteroatoms. The number of benzene rings is 2. The third-order valence-electron chi connectivity index (χ3n) is 4.09. The first-order chi connectivity index (χ1) is 11.1. The molecule has 4 nitrogen and oxygen atoms in total. The van der Waals surface area contributed by atoms with Crippen LogP contribution in [0.25, 0.3) is 0 Å². The van der Waals surface area contributed by atoms with Crippen molar-refractivity contribution < 1.29 is 9.59 Å². The fourth-order valence-electron chi connectivity index (χ4n) is 2.81. The van der Waals surface area contributed by atoms with Gasteiger partial charge in [-0.15, -0.1) is 0 Å². The van der Waals surface area contributed by atoms with E-state index in [1.54, 1.807) is 4.90 Å². The molecule has 1 aliphatic rings. The Morgan fingerprint density at radius 1 is 1.13 bits per heavy atom. The van der Waals surface area contributed by atoms with E-state index < -0.39 is 6.04 Å². The van der Waals surface area contributed by atoms with E-state index in [4.69, 9.17) is 0 Å². The maximum atomic E-state index is 12.4. The van der Waals surface area contributed by atoms with Crippen molar-refractivity contribution in [2.24, 2.45) is 0 Å². The van der Waals surface area contributed by atoms with Gasteiger partial charge in [0.25, 0.3) is 0 Å². The third kappa shape index (κ3) is 3.59. The molecule has 0 bridgehead atoms. The number of carbonyl (C=O) groups is 2. The van der Waals surface area contributed by atoms with Crippen LogP contribution in [0.1, 0.15) is 17.5 Å². The summed E-state index contributed by atoms with van der Waals surface area (Å²) in [6.07, 6.45) is 0.947. The summed E-state index contributed by atoms with van der Waals surface area (Å²) in [7, 11) is 0. The minimum atomic E-state index is -0.423. The Bertz CT molecular complexity index is 695. The summed E-state index contributed by atoms with van der Waals surface area (Å²) in [4.78, 5) is 26.3. The van der Waals surface area contributed by atoms with Crippen molar-refractivity contribution in [3.63, 3.8) is 0 Å². The van der Waals surface area contributed by atoms with Crippen molar-refractivity contribution in [1.82, 2.24) is 5.32 Å². The van der Waals surface area contributed by atoms with Crippen molar-refractivity contribution in [3.05, 3.63) is 65.7 Å². The Balaban J connectivity index is 1.59. The second-order valence-corrected chi connectivity index (χ2v) is 5.90. The highest BCUT2D eigenvalue weighted by Gasteiger charge is 2.33. The van der Waals surface area contributed by atoms with Crippen LogP contribution in [-0.4, -0.2) is 24.4 Å². The molecule has 1 saturated heterocycles. The molecule has 1 N–H and O–H groups in total. The predicted molar refractivity (Wildman–Crippen MR) is 90.2 cm³/mol. The fourth-order valence-corrected chi connectivity index (χ4v) is 2.81. The van der Waals surface area contributed by atoms with Gasteiger partial charge in [0.05, 0.1) is 6.42 Å². The maximum Gasteiger partial charge on any atom is 0.249 e. The SMILES string of the molecule is Cc1ccc(CC(=O)N[C@H]2CCN(c3ccccc3)C2=O)cc1. The van der Waals surface area contributed by atoms with E-state index in [1.807, 2.05) is 61.5 Å². The zero-order valence-corrected chi connectivity index (χ0v) is 13.2. The van der Waals surface area contributed by atoms with Gasteiger partial charge >= 0.3 is 0 Å². The van der Waals surface area contributed by atoms with E-state index in [0.717, 1.165) is 11.3 Å². The van der Waals surface area contributed by atoms with Crippen LogP contribution >= 0.6 is 0 Å². The van der Waals surface area contributed by atoms with Crippen molar-refractivity contribution in [1.29, 1.82) is 0 Å². The zero-order valence-electron chi connectivity index (χ0n) is 13.2. The molecule has 2 amide bonds. The van der Waals surface area contributed by atoms with Crippen LogP contribution in [0.3, 0.4) is 0 Å². The molecule has 2 aromatic rings. The van der Waals surface area contributed by atoms with Gasteiger partial charge in [-0.1, -0.05) is 48.0 Å². The molecule has 1 fully saturated rings. The maximum absolute atomic E-state index is 12.4. The summed E-state index contributed by atoms with van der Waals surface area (Å²) in [6, 6.07) is 17.0. The molecule has 1 aliphatic heterocycles. The van der Waals surface area contributed by atoms with E-state index in [2.05, 4.69) is 5.32 Å². The lowest BCUT2D eigenvalue weighted by Crippen LogP contribution is -2.42. The number of carbonyl (C=O) groups excluding carboxylic acids is 2. The highest BCUT2D eigenvalue weighted by atomic mass is 16.2. The summed E-state index contributed by atoms with van der Waals surface area (Å²) >= 11 is 0. The van der Waals surface area contributed by atoms with Crippen LogP contribution in [-0.2, 0) is 16.0 Å². The molecule has 0 saturated carbocycles. The second kappa shape index (κ2) is 6.65. The summed E-state index contributed by atoms with van der Waals surface area (Å²) in [6.45, 7) is 2.65. The summed E-state index contributed by atoms with van der Waals surface area (Å²) in [5.41, 5.74) is 3.00. The first kappa shape index (κ1) is 15.3. The molecule has 0 unspecified atom stereocenters. The number of hydrogen-bond acceptors (Lipinski definition) is 2. The summed E-state index contributed by atoms with van der Waals surface area (Å²) < 4.78 is 0. The highest BCUT2D eigenvalue weighted by molar-refractivity contribution is 6.01. The Kier molecular flexibility index (Phi) is 4.42. The molecule has 2 aromatic carbocycles. The molecule has 23 heavy (non-hydrogen) atoms. The smallest absolute Gasteiger partial charge is 0.249 e. The van der Waals surface area contributed by atoms with Gasteiger partial charge in [-0.2, -0.15) is 0 Å². The lowest BCUT2D eigenvalue weighted by Gasteiger charge is -2.17. The number of hydrogen-bond donors (Lipinski definition) is 1. The molecule has 118 valence electrons. The summed E-state index contributed by atoms with van der Waals surface area (Å²) in [5.74, 6) is -0.143. The van der Waals surface area contributed by atoms with Crippen molar-refractivity contribution >= 4 is 17.5 Å². The number of aryl methyl sites for hydroxylation is 1. The average molecular weight is 308 g/mol. The Morgan fingerprint density at radius 3 is 2.52 bits per heavy atom. The number of rotatable bonds is 4. The van der Waals surface area contributed by atoms with Crippen LogP contribution in [0.2, 0.25) is 0 Å². The molecule has 0 spiro atoms. The van der Waals surface area contributed by atoms with Crippen molar-refractivity contribution in [2.45, 2.75) is 25.8 Å². The lowest BCUT2D eigenvalue weighted by atomic mass is 10.1. The minimum Gasteiger partial charge on any atom is -0.344 e. The fraction of sp³-hybridized carbons (Fsp3) is 0.263. The molecular formula is C19H20N2O2. The molecule has 3 rings (SSSR count). The first-order valence-electron chi connectivity index (χ1n) is 7.85. The van der Waals surface area contributed by atoms with Crippen LogP contribution in [0.4, 0.5) is 5.69 Å². The van der Waals surface area contributed by atoms with E-state index in [0.29, 0.717) is 19.4 Å². The Labute approximate surface area is 136 Å². The van der Waals surface area contributed by atoms with E-state index in [-0.39, 0.29) is 11.8 Å². The van der Waals surface area contributed by atoms with Gasteiger partial charge in [0.1, 0.15) is 6.04 Å². The van der Waals surface area contributed by atoms with Crippen LogP contribution < -0.4 is 10.2 Å². The van der Waals surface area contributed by atoms with Crippen molar-refractivity contribution in [3.8, 4) is 0 Å². The lowest BCUT2D eigenvalue weighted by molar-refractivity contribution is -0.126. The van der Waals surface area contributed by atoms with Gasteiger partial charge in [0, 0.05) is 12.2 Å². The van der Waals surface area contributed by atoms with Gasteiger partial charge in [-0.25, -0.2) is 0 Å². The standard InChI is InChI=1S/C19H20N2O2/c1-14-7-9-15(10-8-14)13-18(22)20-17-11-12-21(19(17)23)16-5-3-2-4-6-16/h2-10,17H,11-13H2,1H3,(H,20,22)/t17-/m0/s1. The number of amides is 2. The first-order valence-corrected chi connectivity index (χ1v) is 7.85. The van der Waals surface area contributed by atoms with Crippen LogP contribution in [0.15, 0.2) is 54.6 Å². The molecule has 0 aromatic heterocycles. The average Bonchev–Trinajstić information content (AvgIpc) is 2.91. The number of para-hydroxylation sites is 1. The third-order valence-corrected chi connectivity index (χ3v) is 4.09. The van der Waals surface area contributed by atoms with E-state index >= 15 is 0 Å². The predicted octanol–water partition coefficient (Wildman–Crippen LogP) is 2.46. The van der Waals surface area contributed by atoms with E-state index in [9.17, 15) is 9.59 Å². The number of nitrogens with one attached hydrogen (secondary N) is 1. The second-order valence-electron chi connectivity index (χ2n) is 5.90. The molecule has 1 heterocycles. The van der Waals surface area contributed by atoms with Crippen LogP contribution in [0.5, 0.6) is 0 Å². The van der Waals surface area contributed by atoms with Gasteiger partial charge < -0.3 is 10.2 Å². The molecule has 1 atom stereocenters. The number of nitrogens with zero attached hydrogens (tertiary/aromatic N) is 1. The summed E-state index contributed by atoms with van der Waals surface area (Å²) in [5, 5.41) is 2.86. The monoisotopic (exact) mass is 308 g/mol.